The molecule has 2 N–H and O–H groups in total. The van der Waals surface area contributed by atoms with Crippen molar-refractivity contribution in [2.45, 2.75) is 46.2 Å². The van der Waals surface area contributed by atoms with Crippen molar-refractivity contribution in [3.8, 4) is 11.4 Å². The molecule has 0 aliphatic carbocycles. The van der Waals surface area contributed by atoms with Gasteiger partial charge in [-0.15, -0.1) is 0 Å². The number of nitrogens with zero attached hydrogens (tertiary/aromatic N) is 2. The van der Waals surface area contributed by atoms with Crippen LogP contribution in [0.3, 0.4) is 0 Å². The van der Waals surface area contributed by atoms with Gasteiger partial charge >= 0.3 is 12.1 Å². The van der Waals surface area contributed by atoms with E-state index >= 15 is 0 Å². The highest BCUT2D eigenvalue weighted by molar-refractivity contribution is 5.75. The van der Waals surface area contributed by atoms with E-state index in [0.29, 0.717) is 24.5 Å². The summed E-state index contributed by atoms with van der Waals surface area (Å²) in [6.07, 6.45) is -2.08. The van der Waals surface area contributed by atoms with Gasteiger partial charge < -0.3 is 14.6 Å². The van der Waals surface area contributed by atoms with E-state index in [9.17, 15) is 23.1 Å². The molecule has 0 spiro atoms. The van der Waals surface area contributed by atoms with Crippen LogP contribution in [0.15, 0.2) is 54.7 Å². The van der Waals surface area contributed by atoms with Gasteiger partial charge in [-0.05, 0) is 74.7 Å². The lowest BCUT2D eigenvalue weighted by atomic mass is 9.86. The molecule has 5 nitrogen and oxygen atoms in total. The van der Waals surface area contributed by atoms with Crippen LogP contribution >= 0.6 is 0 Å². The Kier molecular flexibility index (Phi) is 6.86. The van der Waals surface area contributed by atoms with E-state index in [4.69, 9.17) is 4.74 Å². The van der Waals surface area contributed by atoms with Crippen LogP contribution in [0.25, 0.3) is 5.69 Å². The van der Waals surface area contributed by atoms with Crippen LogP contribution in [-0.2, 0) is 12.6 Å². The molecule has 33 heavy (non-hydrogen) atoms. The highest BCUT2D eigenvalue weighted by atomic mass is 19.4. The van der Waals surface area contributed by atoms with E-state index < -0.39 is 23.1 Å². The Morgan fingerprint density at radius 1 is 1.09 bits per heavy atom. The summed E-state index contributed by atoms with van der Waals surface area (Å²) in [6, 6.07) is 12.3. The Morgan fingerprint density at radius 2 is 1.70 bits per heavy atom. The fourth-order valence-electron chi connectivity index (χ4n) is 3.50. The zero-order chi connectivity index (χ0) is 24.4. The van der Waals surface area contributed by atoms with Gasteiger partial charge in [0.1, 0.15) is 11.2 Å². The van der Waals surface area contributed by atoms with Crippen LogP contribution in [0.2, 0.25) is 0 Å². The van der Waals surface area contributed by atoms with Crippen LogP contribution in [0.4, 0.5) is 13.2 Å². The fraction of sp³-hybridized carbons (Fsp3) is 0.360. The lowest BCUT2D eigenvalue weighted by molar-refractivity contribution is -0.137. The van der Waals surface area contributed by atoms with Gasteiger partial charge in [-0.1, -0.05) is 19.1 Å². The average Bonchev–Trinajstić information content (AvgIpc) is 3.14. The number of aromatic nitrogens is 2. The Balaban J connectivity index is 1.64. The Bertz CT molecular complexity index is 1100. The summed E-state index contributed by atoms with van der Waals surface area (Å²) in [5.74, 6) is 0.102. The van der Waals surface area contributed by atoms with Crippen LogP contribution in [0, 0.1) is 12.3 Å². The number of hydrogen-bond donors (Lipinski definition) is 1. The lowest BCUT2D eigenvalue weighted by Gasteiger charge is -2.16. The first kappa shape index (κ1) is 24.4. The lowest BCUT2D eigenvalue weighted by Crippen LogP contribution is -2.26. The molecular weight excluding hydrogens is 433 g/mol. The molecule has 0 fully saturated rings. The van der Waals surface area contributed by atoms with Crippen molar-refractivity contribution in [1.82, 2.24) is 9.78 Å². The molecule has 1 heterocycles. The zero-order valence-corrected chi connectivity index (χ0v) is 19.0. The number of rotatable bonds is 8. The van der Waals surface area contributed by atoms with Crippen LogP contribution in [-0.4, -0.2) is 32.3 Å². The molecule has 0 aliphatic rings. The molecule has 8 heteroatoms. The Morgan fingerprint density at radius 3 is 2.24 bits per heavy atom. The minimum atomic E-state index is -4.37. The molecule has 2 aromatic carbocycles. The van der Waals surface area contributed by atoms with Crippen LogP contribution < -0.4 is 4.74 Å². The minimum absolute atomic E-state index is 0.00717. The number of alkyl halides is 3. The Labute approximate surface area is 190 Å². The number of carboxylic acids is 1. The van der Waals surface area contributed by atoms with E-state index in [-0.39, 0.29) is 5.92 Å². The van der Waals surface area contributed by atoms with Gasteiger partial charge in [0.15, 0.2) is 0 Å². The molecule has 0 radical (unpaired) electrons. The van der Waals surface area contributed by atoms with Crippen LogP contribution in [0.1, 0.15) is 49.1 Å². The number of hydrogen-bond acceptors (Lipinski definition) is 2. The summed E-state index contributed by atoms with van der Waals surface area (Å²) in [7, 11) is 0. The second kappa shape index (κ2) is 9.29. The number of aliphatic carboxylic acids is 1. The molecular formula is C25H28F3N2O3+. The molecule has 1 aromatic heterocycles. The third-order valence-corrected chi connectivity index (χ3v) is 5.60. The standard InChI is InChI=1S/C25H27F3N2O3/c1-16(15-33-21-11-5-18(6-12-21)13-24(3,4)23(31)32)22-14-30(29-17(22)2)20-9-7-19(8-10-20)25(26,27)28/h5-12,14,16H,13,15H2,1-4H3,(H,31,32)/p+1. The predicted molar refractivity (Wildman–Crippen MR) is 121 cm³/mol. The second-order valence-electron chi connectivity index (χ2n) is 8.90. The maximum Gasteiger partial charge on any atom is 0.486 e. The summed E-state index contributed by atoms with van der Waals surface area (Å²) in [5, 5.41) is 13.8. The van der Waals surface area contributed by atoms with E-state index in [2.05, 4.69) is 5.10 Å². The van der Waals surface area contributed by atoms with E-state index in [1.54, 1.807) is 18.5 Å². The topological polar surface area (TPSA) is 68.7 Å². The van der Waals surface area contributed by atoms with Crippen LogP contribution in [0.5, 0.6) is 5.75 Å². The summed E-state index contributed by atoms with van der Waals surface area (Å²) >= 11 is 0. The zero-order valence-electron chi connectivity index (χ0n) is 19.0. The van der Waals surface area contributed by atoms with Gasteiger partial charge in [-0.2, -0.15) is 18.3 Å². The first-order chi connectivity index (χ1) is 15.4. The van der Waals surface area contributed by atoms with E-state index in [0.717, 1.165) is 29.0 Å². The van der Waals surface area contributed by atoms with Gasteiger partial charge in [-0.3, -0.25) is 0 Å². The third kappa shape index (κ3) is 5.94. The molecule has 0 saturated heterocycles. The van der Waals surface area contributed by atoms with Gasteiger partial charge in [0.05, 0.1) is 23.6 Å². The smallest absolute Gasteiger partial charge is 0.486 e. The highest BCUT2D eigenvalue weighted by Gasteiger charge is 2.33. The number of aryl methyl sites for hydroxylation is 1. The number of ether oxygens (including phenoxy) is 1. The molecule has 3 aromatic rings. The number of benzene rings is 2. The fourth-order valence-corrected chi connectivity index (χ4v) is 3.50. The molecule has 1 unspecified atom stereocenters. The van der Waals surface area contributed by atoms with Crippen molar-refractivity contribution in [2.75, 3.05) is 6.61 Å². The number of aliphatic hydroxyl groups excluding tert-OH is 1. The molecule has 0 saturated carbocycles. The molecule has 0 bridgehead atoms. The Hall–Kier alpha value is -3.29. The van der Waals surface area contributed by atoms with Gasteiger partial charge in [-0.25, -0.2) is 4.68 Å². The highest BCUT2D eigenvalue weighted by Crippen LogP contribution is 2.30. The SMILES string of the molecule is Cc1nn(-c2ccc(C(F)(F)F)cc2)cc1C(C)COc1ccc(CC(C)(C)C(O)=[OH+])cc1. The van der Waals surface area contributed by atoms with E-state index in [1.165, 1.54) is 12.1 Å². The number of halogens is 3. The molecule has 0 aliphatic heterocycles. The van der Waals surface area contributed by atoms with Crippen molar-refractivity contribution in [3.63, 3.8) is 0 Å². The molecule has 176 valence electrons. The quantitative estimate of drug-likeness (QED) is 0.418. The second-order valence-corrected chi connectivity index (χ2v) is 8.90. The molecule has 3 rings (SSSR count). The minimum Gasteiger partial charge on any atom is -0.493 e. The largest absolute Gasteiger partial charge is 0.493 e. The summed E-state index contributed by atoms with van der Waals surface area (Å²) in [4.78, 5) is 9.39. The number of carboxylic acid groups (broad SMARTS) is 1. The van der Waals surface area contributed by atoms with Gasteiger partial charge in [0.2, 0.25) is 0 Å². The molecule has 1 atom stereocenters. The van der Waals surface area contributed by atoms with Crippen molar-refractivity contribution >= 4 is 5.97 Å². The monoisotopic (exact) mass is 461 g/mol. The summed E-state index contributed by atoms with van der Waals surface area (Å²) in [5.41, 5.74) is 1.80. The maximum absolute atomic E-state index is 12.8. The van der Waals surface area contributed by atoms with Crippen molar-refractivity contribution < 1.29 is 27.8 Å². The van der Waals surface area contributed by atoms with Gasteiger partial charge in [0.25, 0.3) is 0 Å². The van der Waals surface area contributed by atoms with Crippen molar-refractivity contribution in [2.24, 2.45) is 5.41 Å². The first-order valence-electron chi connectivity index (χ1n) is 10.6. The van der Waals surface area contributed by atoms with Gasteiger partial charge in [0, 0.05) is 12.1 Å². The third-order valence-electron chi connectivity index (χ3n) is 5.60. The predicted octanol–water partition coefficient (Wildman–Crippen LogP) is 6.01. The normalized spacial score (nSPS) is 13.1. The summed E-state index contributed by atoms with van der Waals surface area (Å²) < 4.78 is 45.9. The maximum atomic E-state index is 12.8. The van der Waals surface area contributed by atoms with Crippen molar-refractivity contribution in [3.05, 3.63) is 77.1 Å². The first-order valence-corrected chi connectivity index (χ1v) is 10.6. The van der Waals surface area contributed by atoms with Crippen molar-refractivity contribution in [1.29, 1.82) is 0 Å². The summed E-state index contributed by atoms with van der Waals surface area (Å²) in [6.45, 7) is 7.76. The molecule has 0 amide bonds. The van der Waals surface area contributed by atoms with E-state index in [1.807, 2.05) is 44.3 Å². The average molecular weight is 462 g/mol.